The van der Waals surface area contributed by atoms with Crippen molar-refractivity contribution in [2.45, 2.75) is 51.8 Å². The molecule has 1 saturated heterocycles. The number of Topliss-reactive ketones (excluding diaryl/α,β-unsaturated/α-hetero) is 1. The van der Waals surface area contributed by atoms with Crippen molar-refractivity contribution in [2.75, 3.05) is 12.3 Å². The van der Waals surface area contributed by atoms with Crippen molar-refractivity contribution in [3.63, 3.8) is 0 Å². The predicted molar refractivity (Wildman–Crippen MR) is 95.7 cm³/mol. The molecule has 1 aromatic rings. The number of aromatic amines is 1. The molecule has 0 bridgehead atoms. The highest BCUT2D eigenvalue weighted by Gasteiger charge is 2.35. The molecule has 24 heavy (non-hydrogen) atoms. The summed E-state index contributed by atoms with van der Waals surface area (Å²) in [4.78, 5) is 42.3. The van der Waals surface area contributed by atoms with E-state index in [-0.39, 0.29) is 33.6 Å². The number of nitrogens with one attached hydrogen (secondary N) is 1. The molecular weight excluding hydrogens is 324 g/mol. The molecule has 1 amide bonds. The average Bonchev–Trinajstić information content (AvgIpc) is 2.93. The molecule has 5 nitrogen and oxygen atoms in total. The summed E-state index contributed by atoms with van der Waals surface area (Å²) < 4.78 is 0. The molecule has 1 aromatic heterocycles. The number of amides is 1. The van der Waals surface area contributed by atoms with Crippen LogP contribution in [0.4, 0.5) is 0 Å². The van der Waals surface area contributed by atoms with E-state index in [4.69, 9.17) is 0 Å². The van der Waals surface area contributed by atoms with Crippen LogP contribution in [0.2, 0.25) is 0 Å². The molecule has 3 rings (SSSR count). The number of thioether (sulfide) groups is 1. The summed E-state index contributed by atoms with van der Waals surface area (Å²) in [6.45, 7) is 6.78. The highest BCUT2D eigenvalue weighted by atomic mass is 32.2. The number of rotatable bonds is 3. The first-order valence-electron chi connectivity index (χ1n) is 8.54. The van der Waals surface area contributed by atoms with Crippen LogP contribution in [-0.2, 0) is 6.42 Å². The lowest BCUT2D eigenvalue weighted by Gasteiger charge is -2.30. The molecular formula is C18H24N2O3S. The Morgan fingerprint density at radius 3 is 2.83 bits per heavy atom. The molecule has 2 aliphatic rings. The Morgan fingerprint density at radius 1 is 1.38 bits per heavy atom. The lowest BCUT2D eigenvalue weighted by Crippen LogP contribution is -2.39. The maximum atomic E-state index is 12.9. The van der Waals surface area contributed by atoms with E-state index in [1.165, 1.54) is 6.07 Å². The van der Waals surface area contributed by atoms with E-state index in [0.717, 1.165) is 18.6 Å². The van der Waals surface area contributed by atoms with Gasteiger partial charge in [0.2, 0.25) is 0 Å². The summed E-state index contributed by atoms with van der Waals surface area (Å²) in [5, 5.41) is 0.132. The van der Waals surface area contributed by atoms with E-state index >= 15 is 0 Å². The van der Waals surface area contributed by atoms with Gasteiger partial charge < -0.3 is 9.88 Å². The Hall–Kier alpha value is -1.56. The zero-order chi connectivity index (χ0) is 17.5. The monoisotopic (exact) mass is 348 g/mol. The van der Waals surface area contributed by atoms with Crippen molar-refractivity contribution in [3.05, 3.63) is 33.2 Å². The lowest BCUT2D eigenvalue weighted by molar-refractivity contribution is 0.0754. The standard InChI is InChI=1S/C18H24N2O3S/c1-4-5-15-20(6-7-24-15)17(23)12-8-11-13(19-16(12)22)9-18(2,3)10-14(11)21/h8,15H,4-7,9-10H2,1-3H3,(H,19,22). The van der Waals surface area contributed by atoms with Gasteiger partial charge in [-0.05, 0) is 24.3 Å². The minimum Gasteiger partial charge on any atom is -0.326 e. The first kappa shape index (κ1) is 17.3. The van der Waals surface area contributed by atoms with Crippen LogP contribution in [0.5, 0.6) is 0 Å². The van der Waals surface area contributed by atoms with Gasteiger partial charge in [-0.15, -0.1) is 11.8 Å². The van der Waals surface area contributed by atoms with E-state index in [0.29, 0.717) is 30.6 Å². The summed E-state index contributed by atoms with van der Waals surface area (Å²) >= 11 is 1.76. The molecule has 1 aliphatic heterocycles. The maximum absolute atomic E-state index is 12.9. The van der Waals surface area contributed by atoms with Crippen LogP contribution in [0.3, 0.4) is 0 Å². The summed E-state index contributed by atoms with van der Waals surface area (Å²) in [7, 11) is 0. The van der Waals surface area contributed by atoms with Gasteiger partial charge in [0.15, 0.2) is 5.78 Å². The first-order chi connectivity index (χ1) is 11.3. The number of H-pyrrole nitrogens is 1. The molecule has 130 valence electrons. The van der Waals surface area contributed by atoms with Crippen molar-refractivity contribution < 1.29 is 9.59 Å². The van der Waals surface area contributed by atoms with Gasteiger partial charge >= 0.3 is 0 Å². The van der Waals surface area contributed by atoms with E-state index < -0.39 is 0 Å². The third kappa shape index (κ3) is 3.16. The minimum absolute atomic E-state index is 0.00690. The molecule has 1 unspecified atom stereocenters. The zero-order valence-corrected chi connectivity index (χ0v) is 15.3. The van der Waals surface area contributed by atoms with Gasteiger partial charge in [-0.2, -0.15) is 0 Å². The van der Waals surface area contributed by atoms with Crippen LogP contribution < -0.4 is 5.56 Å². The van der Waals surface area contributed by atoms with Gasteiger partial charge in [-0.1, -0.05) is 27.2 Å². The first-order valence-corrected chi connectivity index (χ1v) is 9.59. The van der Waals surface area contributed by atoms with Crippen LogP contribution in [0, 0.1) is 5.41 Å². The van der Waals surface area contributed by atoms with Crippen molar-refractivity contribution in [2.24, 2.45) is 5.41 Å². The summed E-state index contributed by atoms with van der Waals surface area (Å²) in [6.07, 6.45) is 3.01. The number of aromatic nitrogens is 1. The predicted octanol–water partition coefficient (Wildman–Crippen LogP) is 2.85. The average molecular weight is 348 g/mol. The summed E-state index contributed by atoms with van der Waals surface area (Å²) in [6, 6.07) is 1.53. The summed E-state index contributed by atoms with van der Waals surface area (Å²) in [5.41, 5.74) is 0.743. The third-order valence-corrected chi connectivity index (χ3v) is 6.03. The minimum atomic E-state index is -0.378. The van der Waals surface area contributed by atoms with Gasteiger partial charge in [0.25, 0.3) is 11.5 Å². The second-order valence-corrected chi connectivity index (χ2v) is 8.74. The molecule has 0 radical (unpaired) electrons. The number of nitrogens with zero attached hydrogens (tertiary/aromatic N) is 1. The quantitative estimate of drug-likeness (QED) is 0.912. The van der Waals surface area contributed by atoms with Gasteiger partial charge in [-0.25, -0.2) is 0 Å². The number of fused-ring (bicyclic) bond motifs is 1. The van der Waals surface area contributed by atoms with Crippen LogP contribution in [-0.4, -0.2) is 39.2 Å². The largest absolute Gasteiger partial charge is 0.326 e. The Morgan fingerprint density at radius 2 is 2.12 bits per heavy atom. The maximum Gasteiger partial charge on any atom is 0.261 e. The lowest BCUT2D eigenvalue weighted by atomic mass is 9.75. The SMILES string of the molecule is CCCC1SCCN1C(=O)c1cc2c([nH]c1=O)CC(C)(C)CC2=O. The van der Waals surface area contributed by atoms with E-state index in [1.54, 1.807) is 16.7 Å². The third-order valence-electron chi connectivity index (χ3n) is 4.73. The van der Waals surface area contributed by atoms with E-state index in [1.807, 2.05) is 13.8 Å². The molecule has 1 fully saturated rings. The smallest absolute Gasteiger partial charge is 0.261 e. The molecule has 1 atom stereocenters. The zero-order valence-electron chi connectivity index (χ0n) is 14.5. The van der Waals surface area contributed by atoms with Gasteiger partial charge in [0, 0.05) is 30.0 Å². The van der Waals surface area contributed by atoms with Gasteiger partial charge in [0.05, 0.1) is 5.37 Å². The molecule has 6 heteroatoms. The Balaban J connectivity index is 1.95. The summed E-state index contributed by atoms with van der Waals surface area (Å²) in [5.74, 6) is 0.652. The fourth-order valence-electron chi connectivity index (χ4n) is 3.58. The van der Waals surface area contributed by atoms with E-state index in [9.17, 15) is 14.4 Å². The number of pyridine rings is 1. The molecule has 0 aromatic carbocycles. The number of carbonyl (C=O) groups is 2. The number of ketones is 1. The molecule has 1 N–H and O–H groups in total. The topological polar surface area (TPSA) is 70.2 Å². The Bertz CT molecular complexity index is 738. The molecule has 0 saturated carbocycles. The second kappa shape index (κ2) is 6.39. The van der Waals surface area contributed by atoms with Crippen LogP contribution in [0.1, 0.15) is 66.4 Å². The van der Waals surface area contributed by atoms with Crippen molar-refractivity contribution >= 4 is 23.5 Å². The number of hydrogen-bond donors (Lipinski definition) is 1. The van der Waals surface area contributed by atoms with Crippen LogP contribution in [0.15, 0.2) is 10.9 Å². The molecule has 0 spiro atoms. The highest BCUT2D eigenvalue weighted by Crippen LogP contribution is 2.34. The number of carbonyl (C=O) groups excluding carboxylic acids is 2. The second-order valence-electron chi connectivity index (χ2n) is 7.46. The Kier molecular flexibility index (Phi) is 4.60. The van der Waals surface area contributed by atoms with Crippen LogP contribution >= 0.6 is 11.8 Å². The van der Waals surface area contributed by atoms with Crippen molar-refractivity contribution in [1.82, 2.24) is 9.88 Å². The van der Waals surface area contributed by atoms with Crippen LogP contribution in [0.25, 0.3) is 0 Å². The number of hydrogen-bond acceptors (Lipinski definition) is 4. The molecule has 1 aliphatic carbocycles. The highest BCUT2D eigenvalue weighted by molar-refractivity contribution is 8.00. The Labute approximate surface area is 146 Å². The van der Waals surface area contributed by atoms with Crippen molar-refractivity contribution in [1.29, 1.82) is 0 Å². The fraction of sp³-hybridized carbons (Fsp3) is 0.611. The molecule has 2 heterocycles. The fourth-order valence-corrected chi connectivity index (χ4v) is 4.94. The normalized spacial score (nSPS) is 22.5. The van der Waals surface area contributed by atoms with E-state index in [2.05, 4.69) is 11.9 Å². The van der Waals surface area contributed by atoms with Gasteiger partial charge in [0.1, 0.15) is 5.56 Å². The van der Waals surface area contributed by atoms with Gasteiger partial charge in [-0.3, -0.25) is 14.4 Å². The van der Waals surface area contributed by atoms with Crippen molar-refractivity contribution in [3.8, 4) is 0 Å².